The Balaban J connectivity index is 3.68. The molecule has 0 spiro atoms. The summed E-state index contributed by atoms with van der Waals surface area (Å²) < 4.78 is 0. The maximum atomic E-state index is 11.6. The van der Waals surface area contributed by atoms with Crippen LogP contribution in [-0.4, -0.2) is 29.2 Å². The van der Waals surface area contributed by atoms with Crippen LogP contribution in [0.2, 0.25) is 0 Å². The zero-order valence-electron chi connectivity index (χ0n) is 12.4. The van der Waals surface area contributed by atoms with Crippen LogP contribution >= 0.6 is 0 Å². The summed E-state index contributed by atoms with van der Waals surface area (Å²) in [6.07, 6.45) is 6.30. The fraction of sp³-hybridized carbons (Fsp3) is 0.857. The lowest BCUT2D eigenvalue weighted by atomic mass is 10.1. The van der Waals surface area contributed by atoms with Gasteiger partial charge in [0.25, 0.3) is 0 Å². The monoisotopic (exact) mass is 272 g/mol. The van der Waals surface area contributed by atoms with E-state index in [-0.39, 0.29) is 24.5 Å². The molecule has 0 fully saturated rings. The van der Waals surface area contributed by atoms with Gasteiger partial charge in [-0.15, -0.1) is 0 Å². The molecule has 0 rings (SSSR count). The van der Waals surface area contributed by atoms with Gasteiger partial charge in [-0.05, 0) is 26.7 Å². The lowest BCUT2D eigenvalue weighted by Crippen LogP contribution is -2.44. The van der Waals surface area contributed by atoms with Gasteiger partial charge >= 0.3 is 12.0 Å². The molecule has 0 aromatic rings. The van der Waals surface area contributed by atoms with Crippen LogP contribution in [0.25, 0.3) is 0 Å². The molecule has 0 bridgehead atoms. The summed E-state index contributed by atoms with van der Waals surface area (Å²) in [6.45, 7) is 5.98. The number of carboxylic acids is 1. The van der Waals surface area contributed by atoms with E-state index in [1.54, 1.807) is 0 Å². The first kappa shape index (κ1) is 17.7. The molecular weight excluding hydrogens is 244 g/mol. The van der Waals surface area contributed by atoms with Crippen molar-refractivity contribution in [3.05, 3.63) is 0 Å². The average molecular weight is 272 g/mol. The molecule has 0 aliphatic carbocycles. The molecule has 0 aromatic heterocycles. The Bertz CT molecular complexity index is 269. The molecule has 3 N–H and O–H groups in total. The fourth-order valence-corrected chi connectivity index (χ4v) is 1.85. The van der Waals surface area contributed by atoms with Crippen LogP contribution in [0, 0.1) is 0 Å². The second-order valence-corrected chi connectivity index (χ2v) is 5.20. The lowest BCUT2D eigenvalue weighted by Gasteiger charge is -2.17. The zero-order valence-corrected chi connectivity index (χ0v) is 12.4. The molecule has 5 heteroatoms. The number of unbranched alkanes of at least 4 members (excludes halogenated alkanes) is 3. The number of hydrogen-bond donors (Lipinski definition) is 3. The number of carboxylic acid groups (broad SMARTS) is 1. The van der Waals surface area contributed by atoms with Gasteiger partial charge in [0.2, 0.25) is 0 Å². The van der Waals surface area contributed by atoms with Crippen LogP contribution < -0.4 is 10.6 Å². The van der Waals surface area contributed by atoms with Crippen LogP contribution in [-0.2, 0) is 4.79 Å². The van der Waals surface area contributed by atoms with E-state index in [0.29, 0.717) is 6.42 Å². The summed E-state index contributed by atoms with van der Waals surface area (Å²) in [4.78, 5) is 22.0. The van der Waals surface area contributed by atoms with Gasteiger partial charge in [0, 0.05) is 18.5 Å². The van der Waals surface area contributed by atoms with Gasteiger partial charge < -0.3 is 15.7 Å². The number of amides is 2. The first-order valence-electron chi connectivity index (χ1n) is 7.24. The van der Waals surface area contributed by atoms with Gasteiger partial charge in [-0.25, -0.2) is 4.79 Å². The summed E-state index contributed by atoms with van der Waals surface area (Å²) in [5.74, 6) is -0.835. The quantitative estimate of drug-likeness (QED) is 0.535. The Labute approximate surface area is 116 Å². The summed E-state index contributed by atoms with van der Waals surface area (Å²) >= 11 is 0. The van der Waals surface area contributed by atoms with E-state index in [0.717, 1.165) is 12.8 Å². The highest BCUT2D eigenvalue weighted by atomic mass is 16.4. The van der Waals surface area contributed by atoms with Crippen molar-refractivity contribution in [2.24, 2.45) is 0 Å². The van der Waals surface area contributed by atoms with Crippen LogP contribution in [0.5, 0.6) is 0 Å². The number of carbonyl (C=O) groups is 2. The molecule has 0 aromatic carbocycles. The van der Waals surface area contributed by atoms with Crippen molar-refractivity contribution in [2.75, 3.05) is 0 Å². The predicted molar refractivity (Wildman–Crippen MR) is 76.2 cm³/mol. The van der Waals surface area contributed by atoms with Gasteiger partial charge in [-0.1, -0.05) is 32.6 Å². The SMILES string of the molecule is CCCCCCC(C)NC(=O)NC(C)CCC(=O)O. The van der Waals surface area contributed by atoms with E-state index < -0.39 is 5.97 Å². The molecule has 2 unspecified atom stereocenters. The van der Waals surface area contributed by atoms with E-state index in [1.807, 2.05) is 13.8 Å². The van der Waals surface area contributed by atoms with Crippen LogP contribution in [0.15, 0.2) is 0 Å². The van der Waals surface area contributed by atoms with E-state index in [4.69, 9.17) is 5.11 Å². The van der Waals surface area contributed by atoms with Gasteiger partial charge in [0.1, 0.15) is 0 Å². The van der Waals surface area contributed by atoms with Crippen LogP contribution in [0.4, 0.5) is 4.79 Å². The highest BCUT2D eigenvalue weighted by molar-refractivity contribution is 5.74. The van der Waals surface area contributed by atoms with Crippen molar-refractivity contribution < 1.29 is 14.7 Å². The van der Waals surface area contributed by atoms with Crippen LogP contribution in [0.3, 0.4) is 0 Å². The summed E-state index contributed by atoms with van der Waals surface area (Å²) in [5, 5.41) is 14.2. The molecule has 5 nitrogen and oxygen atoms in total. The van der Waals surface area contributed by atoms with Gasteiger partial charge in [0.05, 0.1) is 0 Å². The Morgan fingerprint density at radius 1 is 1.00 bits per heavy atom. The first-order chi connectivity index (χ1) is 8.95. The normalized spacial score (nSPS) is 13.6. The Morgan fingerprint density at radius 2 is 1.58 bits per heavy atom. The highest BCUT2D eigenvalue weighted by Gasteiger charge is 2.11. The molecule has 2 atom stereocenters. The molecule has 112 valence electrons. The summed E-state index contributed by atoms with van der Waals surface area (Å²) in [5.41, 5.74) is 0. The Hall–Kier alpha value is -1.26. The predicted octanol–water partition coefficient (Wildman–Crippen LogP) is 2.90. The smallest absolute Gasteiger partial charge is 0.315 e. The lowest BCUT2D eigenvalue weighted by molar-refractivity contribution is -0.137. The number of carbonyl (C=O) groups excluding carboxylic acids is 1. The minimum absolute atomic E-state index is 0.0774. The fourth-order valence-electron chi connectivity index (χ4n) is 1.85. The van der Waals surface area contributed by atoms with Crippen molar-refractivity contribution in [1.29, 1.82) is 0 Å². The molecule has 0 heterocycles. The van der Waals surface area contributed by atoms with E-state index >= 15 is 0 Å². The minimum Gasteiger partial charge on any atom is -0.481 e. The first-order valence-corrected chi connectivity index (χ1v) is 7.24. The topological polar surface area (TPSA) is 78.4 Å². The van der Waals surface area contributed by atoms with E-state index in [9.17, 15) is 9.59 Å². The molecular formula is C14H28N2O3. The largest absolute Gasteiger partial charge is 0.481 e. The second-order valence-electron chi connectivity index (χ2n) is 5.20. The number of hydrogen-bond acceptors (Lipinski definition) is 2. The molecule has 0 aliphatic rings. The maximum absolute atomic E-state index is 11.6. The van der Waals surface area contributed by atoms with Crippen molar-refractivity contribution in [3.8, 4) is 0 Å². The third kappa shape index (κ3) is 11.6. The minimum atomic E-state index is -0.835. The Morgan fingerprint density at radius 3 is 2.11 bits per heavy atom. The maximum Gasteiger partial charge on any atom is 0.315 e. The molecule has 0 aliphatic heterocycles. The van der Waals surface area contributed by atoms with E-state index in [2.05, 4.69) is 17.6 Å². The van der Waals surface area contributed by atoms with Crippen molar-refractivity contribution in [1.82, 2.24) is 10.6 Å². The van der Waals surface area contributed by atoms with Crippen LogP contribution in [0.1, 0.15) is 65.7 Å². The Kier molecular flexibility index (Phi) is 9.94. The van der Waals surface area contributed by atoms with Gasteiger partial charge in [0.15, 0.2) is 0 Å². The van der Waals surface area contributed by atoms with Crippen molar-refractivity contribution in [2.45, 2.75) is 77.8 Å². The van der Waals surface area contributed by atoms with Gasteiger partial charge in [-0.2, -0.15) is 0 Å². The van der Waals surface area contributed by atoms with Crippen molar-refractivity contribution in [3.63, 3.8) is 0 Å². The number of rotatable bonds is 10. The van der Waals surface area contributed by atoms with E-state index in [1.165, 1.54) is 19.3 Å². The average Bonchev–Trinajstić information content (AvgIpc) is 2.32. The molecule has 0 saturated carbocycles. The third-order valence-electron chi connectivity index (χ3n) is 3.04. The summed E-state index contributed by atoms with van der Waals surface area (Å²) in [7, 11) is 0. The van der Waals surface area contributed by atoms with Crippen molar-refractivity contribution >= 4 is 12.0 Å². The molecule has 19 heavy (non-hydrogen) atoms. The molecule has 2 amide bonds. The molecule has 0 radical (unpaired) electrons. The summed E-state index contributed by atoms with van der Waals surface area (Å²) in [6, 6.07) is -0.173. The zero-order chi connectivity index (χ0) is 14.7. The number of aliphatic carboxylic acids is 1. The third-order valence-corrected chi connectivity index (χ3v) is 3.04. The number of urea groups is 1. The van der Waals surface area contributed by atoms with Gasteiger partial charge in [-0.3, -0.25) is 4.79 Å². The number of nitrogens with one attached hydrogen (secondary N) is 2. The highest BCUT2D eigenvalue weighted by Crippen LogP contribution is 2.05. The standard InChI is InChI=1S/C14H28N2O3/c1-4-5-6-7-8-11(2)15-14(19)16-12(3)9-10-13(17)18/h11-12H,4-10H2,1-3H3,(H,17,18)(H2,15,16,19). The second kappa shape index (κ2) is 10.6. The molecule has 0 saturated heterocycles.